The van der Waals surface area contributed by atoms with Crippen LogP contribution in [0, 0.1) is 0 Å². The molecule has 0 fully saturated rings. The van der Waals surface area contributed by atoms with Crippen molar-refractivity contribution in [1.82, 2.24) is 15.2 Å². The summed E-state index contributed by atoms with van der Waals surface area (Å²) in [6.07, 6.45) is 0. The molecule has 0 unspecified atom stereocenters. The van der Waals surface area contributed by atoms with E-state index in [1.54, 1.807) is 18.2 Å². The number of hydrogen-bond donors (Lipinski definition) is 2. The Morgan fingerprint density at radius 2 is 2.00 bits per heavy atom. The van der Waals surface area contributed by atoms with Gasteiger partial charge in [-0.1, -0.05) is 45.9 Å². The molecule has 1 amide bonds. The molecule has 0 spiro atoms. The largest absolute Gasteiger partial charge is 0.486 e. The number of benzene rings is 2. The van der Waals surface area contributed by atoms with E-state index in [4.69, 9.17) is 9.47 Å². The maximum absolute atomic E-state index is 12.2. The van der Waals surface area contributed by atoms with Gasteiger partial charge < -0.3 is 14.8 Å². The van der Waals surface area contributed by atoms with Gasteiger partial charge >= 0.3 is 0 Å². The quantitative estimate of drug-likeness (QED) is 0.580. The minimum atomic E-state index is -0.149. The van der Waals surface area contributed by atoms with E-state index >= 15 is 0 Å². The summed E-state index contributed by atoms with van der Waals surface area (Å²) in [5, 5.41) is 10.4. The second-order valence-electron chi connectivity index (χ2n) is 5.64. The number of halogens is 1. The SMILES string of the molecule is O=C(CSc1n[nH]c(-c2ccccc2Br)n1)Nc1ccc2c(c1)OCCO2. The lowest BCUT2D eigenvalue weighted by molar-refractivity contribution is -0.113. The molecule has 4 rings (SSSR count). The molecule has 0 aliphatic carbocycles. The number of amides is 1. The number of carbonyl (C=O) groups is 1. The van der Waals surface area contributed by atoms with E-state index in [0.29, 0.717) is 41.4 Å². The van der Waals surface area contributed by atoms with Crippen LogP contribution in [0.3, 0.4) is 0 Å². The van der Waals surface area contributed by atoms with Gasteiger partial charge in [0.1, 0.15) is 13.2 Å². The molecule has 2 aromatic carbocycles. The third-order valence-corrected chi connectivity index (χ3v) is 5.29. The van der Waals surface area contributed by atoms with E-state index in [2.05, 4.69) is 36.4 Å². The Morgan fingerprint density at radius 1 is 1.19 bits per heavy atom. The predicted octanol–water partition coefficient (Wildman–Crippen LogP) is 3.74. The molecule has 0 saturated heterocycles. The van der Waals surface area contributed by atoms with Crippen LogP contribution in [-0.2, 0) is 4.79 Å². The summed E-state index contributed by atoms with van der Waals surface area (Å²) in [6, 6.07) is 13.1. The van der Waals surface area contributed by atoms with Crippen molar-refractivity contribution in [1.29, 1.82) is 0 Å². The van der Waals surface area contributed by atoms with Crippen molar-refractivity contribution in [2.45, 2.75) is 5.16 Å². The molecule has 27 heavy (non-hydrogen) atoms. The number of ether oxygens (including phenoxy) is 2. The second kappa shape index (κ2) is 8.01. The molecule has 0 bridgehead atoms. The smallest absolute Gasteiger partial charge is 0.234 e. The van der Waals surface area contributed by atoms with E-state index in [0.717, 1.165) is 10.0 Å². The third-order valence-electron chi connectivity index (χ3n) is 3.75. The molecular weight excluding hydrogens is 432 g/mol. The highest BCUT2D eigenvalue weighted by molar-refractivity contribution is 9.10. The number of hydrogen-bond acceptors (Lipinski definition) is 6. The second-order valence-corrected chi connectivity index (χ2v) is 7.44. The number of rotatable bonds is 5. The lowest BCUT2D eigenvalue weighted by Gasteiger charge is -2.18. The molecule has 2 heterocycles. The average Bonchev–Trinajstić information content (AvgIpc) is 3.15. The first-order valence-corrected chi connectivity index (χ1v) is 9.96. The zero-order valence-electron chi connectivity index (χ0n) is 14.1. The minimum Gasteiger partial charge on any atom is -0.486 e. The molecule has 1 aliphatic heterocycles. The summed E-state index contributed by atoms with van der Waals surface area (Å²) in [4.78, 5) is 16.6. The van der Waals surface area contributed by atoms with Gasteiger partial charge in [-0.05, 0) is 18.2 Å². The molecule has 0 atom stereocenters. The lowest BCUT2D eigenvalue weighted by atomic mass is 10.2. The van der Waals surface area contributed by atoms with E-state index < -0.39 is 0 Å². The van der Waals surface area contributed by atoms with Crippen molar-refractivity contribution in [3.63, 3.8) is 0 Å². The highest BCUT2D eigenvalue weighted by Gasteiger charge is 2.14. The Labute approximate surface area is 168 Å². The van der Waals surface area contributed by atoms with Crippen LogP contribution >= 0.6 is 27.7 Å². The number of fused-ring (bicyclic) bond motifs is 1. The van der Waals surface area contributed by atoms with E-state index in [9.17, 15) is 4.79 Å². The van der Waals surface area contributed by atoms with E-state index in [1.807, 2.05) is 24.3 Å². The molecule has 9 heteroatoms. The van der Waals surface area contributed by atoms with Gasteiger partial charge in [-0.3, -0.25) is 9.89 Å². The van der Waals surface area contributed by atoms with Crippen LogP contribution in [0.4, 0.5) is 5.69 Å². The van der Waals surface area contributed by atoms with Crippen LogP contribution in [0.25, 0.3) is 11.4 Å². The fourth-order valence-corrected chi connectivity index (χ4v) is 3.60. The molecule has 1 aromatic heterocycles. The van der Waals surface area contributed by atoms with Crippen LogP contribution in [0.15, 0.2) is 52.1 Å². The third kappa shape index (κ3) is 4.25. The topological polar surface area (TPSA) is 89.1 Å². The Morgan fingerprint density at radius 3 is 2.85 bits per heavy atom. The zero-order chi connectivity index (χ0) is 18.6. The monoisotopic (exact) mass is 446 g/mol. The molecule has 0 saturated carbocycles. The van der Waals surface area contributed by atoms with Gasteiger partial charge in [0.25, 0.3) is 0 Å². The first-order chi connectivity index (χ1) is 13.2. The zero-order valence-corrected chi connectivity index (χ0v) is 16.5. The van der Waals surface area contributed by atoms with Crippen LogP contribution in [-0.4, -0.2) is 40.1 Å². The summed E-state index contributed by atoms with van der Waals surface area (Å²) >= 11 is 4.75. The number of carbonyl (C=O) groups excluding carboxylic acids is 1. The first-order valence-electron chi connectivity index (χ1n) is 8.18. The number of H-pyrrole nitrogens is 1. The van der Waals surface area contributed by atoms with Gasteiger partial charge in [0.2, 0.25) is 11.1 Å². The minimum absolute atomic E-state index is 0.149. The Balaban J connectivity index is 1.35. The van der Waals surface area contributed by atoms with E-state index in [1.165, 1.54) is 11.8 Å². The Bertz CT molecular complexity index is 979. The fourth-order valence-electron chi connectivity index (χ4n) is 2.53. The number of nitrogens with one attached hydrogen (secondary N) is 2. The highest BCUT2D eigenvalue weighted by Crippen LogP contribution is 2.32. The van der Waals surface area contributed by atoms with Gasteiger partial charge in [-0.2, -0.15) is 0 Å². The standard InChI is InChI=1S/C18H15BrN4O3S/c19-13-4-2-1-3-12(13)17-21-18(23-22-17)27-10-16(24)20-11-5-6-14-15(9-11)26-8-7-25-14/h1-6,9H,7-8,10H2,(H,20,24)(H,21,22,23). The summed E-state index contributed by atoms with van der Waals surface area (Å²) < 4.78 is 11.9. The summed E-state index contributed by atoms with van der Waals surface area (Å²) in [5.41, 5.74) is 1.58. The van der Waals surface area contributed by atoms with Gasteiger partial charge in [-0.25, -0.2) is 4.98 Å². The van der Waals surface area contributed by atoms with Gasteiger partial charge in [0, 0.05) is 21.8 Å². The lowest BCUT2D eigenvalue weighted by Crippen LogP contribution is -2.17. The molecule has 1 aliphatic rings. The highest BCUT2D eigenvalue weighted by atomic mass is 79.9. The Hall–Kier alpha value is -2.52. The molecule has 2 N–H and O–H groups in total. The number of aromatic amines is 1. The average molecular weight is 447 g/mol. The van der Waals surface area contributed by atoms with Crippen molar-refractivity contribution >= 4 is 39.3 Å². The van der Waals surface area contributed by atoms with Gasteiger partial charge in [-0.15, -0.1) is 5.10 Å². The van der Waals surface area contributed by atoms with Crippen LogP contribution < -0.4 is 14.8 Å². The normalized spacial score (nSPS) is 12.6. The van der Waals surface area contributed by atoms with Crippen LogP contribution in [0.1, 0.15) is 0 Å². The van der Waals surface area contributed by atoms with Crippen LogP contribution in [0.2, 0.25) is 0 Å². The van der Waals surface area contributed by atoms with E-state index in [-0.39, 0.29) is 11.7 Å². The van der Waals surface area contributed by atoms with Crippen molar-refractivity contribution in [2.75, 3.05) is 24.3 Å². The molecule has 7 nitrogen and oxygen atoms in total. The fraction of sp³-hybridized carbons (Fsp3) is 0.167. The van der Waals surface area contributed by atoms with Crippen molar-refractivity contribution in [2.24, 2.45) is 0 Å². The van der Waals surface area contributed by atoms with Crippen molar-refractivity contribution in [3.05, 3.63) is 46.9 Å². The Kier molecular flexibility index (Phi) is 5.30. The van der Waals surface area contributed by atoms with Gasteiger partial charge in [0.15, 0.2) is 17.3 Å². The molecular formula is C18H15BrN4O3S. The number of thioether (sulfide) groups is 1. The maximum Gasteiger partial charge on any atom is 0.234 e. The first kappa shape index (κ1) is 17.9. The van der Waals surface area contributed by atoms with Crippen LogP contribution in [0.5, 0.6) is 11.5 Å². The number of aromatic nitrogens is 3. The maximum atomic E-state index is 12.2. The van der Waals surface area contributed by atoms with Crippen molar-refractivity contribution in [3.8, 4) is 22.9 Å². The molecule has 138 valence electrons. The summed E-state index contributed by atoms with van der Waals surface area (Å²) in [5.74, 6) is 2.02. The molecule has 0 radical (unpaired) electrons. The summed E-state index contributed by atoms with van der Waals surface area (Å²) in [6.45, 7) is 1.04. The van der Waals surface area contributed by atoms with Gasteiger partial charge in [0.05, 0.1) is 5.75 Å². The molecule has 3 aromatic rings. The predicted molar refractivity (Wildman–Crippen MR) is 106 cm³/mol. The van der Waals surface area contributed by atoms with Crippen molar-refractivity contribution < 1.29 is 14.3 Å². The summed E-state index contributed by atoms with van der Waals surface area (Å²) in [7, 11) is 0. The number of anilines is 1. The number of nitrogens with zero attached hydrogens (tertiary/aromatic N) is 2.